The second-order valence-corrected chi connectivity index (χ2v) is 10.6. The van der Waals surface area contributed by atoms with E-state index in [4.69, 9.17) is 10.00 Å². The molecule has 1 heterocycles. The number of ether oxygens (including phenoxy) is 1. The maximum atomic E-state index is 12.8. The molecule has 39 heavy (non-hydrogen) atoms. The SMILES string of the molecule is CNc1nc(Nc2cccc(C#N)c2)ncc1C#C[C@@H]1CCC[C@H](NC(=O)[C@H](C)N(C)C(=O)OC(C)(C)C)C1. The van der Waals surface area contributed by atoms with Crippen molar-refractivity contribution in [1.82, 2.24) is 20.2 Å². The molecule has 0 saturated heterocycles. The lowest BCUT2D eigenvalue weighted by molar-refractivity contribution is -0.126. The summed E-state index contributed by atoms with van der Waals surface area (Å²) < 4.78 is 5.37. The van der Waals surface area contributed by atoms with Gasteiger partial charge in [-0.05, 0) is 65.2 Å². The number of carbonyl (C=O) groups is 2. The van der Waals surface area contributed by atoms with Gasteiger partial charge in [0.25, 0.3) is 0 Å². The highest BCUT2D eigenvalue weighted by atomic mass is 16.6. The minimum absolute atomic E-state index is 0.0178. The van der Waals surface area contributed by atoms with Crippen molar-refractivity contribution < 1.29 is 14.3 Å². The molecule has 1 aromatic heterocycles. The second kappa shape index (κ2) is 13.0. The number of anilines is 3. The van der Waals surface area contributed by atoms with E-state index < -0.39 is 17.7 Å². The third-order valence-corrected chi connectivity index (χ3v) is 6.35. The van der Waals surface area contributed by atoms with Gasteiger partial charge in [0.05, 0.1) is 23.4 Å². The molecular weight excluding hydrogens is 494 g/mol. The fourth-order valence-corrected chi connectivity index (χ4v) is 4.14. The fraction of sp³-hybridized carbons (Fsp3) is 0.483. The van der Waals surface area contributed by atoms with E-state index in [1.807, 2.05) is 6.07 Å². The smallest absolute Gasteiger partial charge is 0.410 e. The van der Waals surface area contributed by atoms with Crippen LogP contribution in [0.4, 0.5) is 22.2 Å². The van der Waals surface area contributed by atoms with Crippen molar-refractivity contribution >= 4 is 29.5 Å². The first kappa shape index (κ1) is 29.2. The standard InChI is InChI=1S/C29H37N7O3/c1-19(36(6)28(38)39-29(2,3)4)26(37)33-23-11-7-9-20(15-23)13-14-22-18-32-27(35-25(22)31-5)34-24-12-8-10-21(16-24)17-30/h8,10,12,16,18-20,23H,7,9,11,15H2,1-6H3,(H,33,37)(H2,31,32,34,35)/t19-,20-,23-/m0/s1. The number of nitrogens with one attached hydrogen (secondary N) is 3. The quantitative estimate of drug-likeness (QED) is 0.467. The maximum absolute atomic E-state index is 12.8. The molecule has 0 unspecified atom stereocenters. The third kappa shape index (κ3) is 8.61. The largest absolute Gasteiger partial charge is 0.444 e. The Bertz CT molecular complexity index is 1290. The summed E-state index contributed by atoms with van der Waals surface area (Å²) in [5.74, 6) is 7.42. The van der Waals surface area contributed by atoms with E-state index >= 15 is 0 Å². The lowest BCUT2D eigenvalue weighted by Crippen LogP contribution is -2.50. The summed E-state index contributed by atoms with van der Waals surface area (Å²) in [5, 5.41) is 18.4. The van der Waals surface area contributed by atoms with Crippen LogP contribution < -0.4 is 16.0 Å². The van der Waals surface area contributed by atoms with Crippen LogP contribution in [0.2, 0.25) is 0 Å². The Hall–Kier alpha value is -4.31. The van der Waals surface area contributed by atoms with E-state index in [0.29, 0.717) is 22.9 Å². The first-order chi connectivity index (χ1) is 18.5. The van der Waals surface area contributed by atoms with Gasteiger partial charge >= 0.3 is 6.09 Å². The van der Waals surface area contributed by atoms with E-state index in [-0.39, 0.29) is 17.9 Å². The van der Waals surface area contributed by atoms with Crippen molar-refractivity contribution in [3.63, 3.8) is 0 Å². The monoisotopic (exact) mass is 531 g/mol. The highest BCUT2D eigenvalue weighted by Gasteiger charge is 2.29. The Morgan fingerprint density at radius 3 is 2.72 bits per heavy atom. The van der Waals surface area contributed by atoms with Gasteiger partial charge in [-0.2, -0.15) is 10.2 Å². The number of rotatable bonds is 6. The average molecular weight is 532 g/mol. The van der Waals surface area contributed by atoms with Gasteiger partial charge in [0.15, 0.2) is 0 Å². The summed E-state index contributed by atoms with van der Waals surface area (Å²) in [5.41, 5.74) is 1.31. The maximum Gasteiger partial charge on any atom is 0.410 e. The zero-order chi connectivity index (χ0) is 28.6. The van der Waals surface area contributed by atoms with Crippen LogP contribution >= 0.6 is 0 Å². The Morgan fingerprint density at radius 1 is 1.26 bits per heavy atom. The molecule has 2 amide bonds. The first-order valence-electron chi connectivity index (χ1n) is 13.1. The summed E-state index contributed by atoms with van der Waals surface area (Å²) in [6.45, 7) is 7.07. The molecule has 3 N–H and O–H groups in total. The zero-order valence-corrected chi connectivity index (χ0v) is 23.5. The summed E-state index contributed by atoms with van der Waals surface area (Å²) >= 11 is 0. The summed E-state index contributed by atoms with van der Waals surface area (Å²) in [6.07, 6.45) is 4.62. The van der Waals surface area contributed by atoms with E-state index in [0.717, 1.165) is 31.4 Å². The minimum Gasteiger partial charge on any atom is -0.444 e. The van der Waals surface area contributed by atoms with Crippen molar-refractivity contribution in [3.05, 3.63) is 41.6 Å². The van der Waals surface area contributed by atoms with Crippen molar-refractivity contribution in [1.29, 1.82) is 5.26 Å². The van der Waals surface area contributed by atoms with Crippen LogP contribution in [0.3, 0.4) is 0 Å². The summed E-state index contributed by atoms with van der Waals surface area (Å²) in [7, 11) is 3.34. The van der Waals surface area contributed by atoms with Crippen LogP contribution in [0, 0.1) is 29.1 Å². The van der Waals surface area contributed by atoms with Gasteiger partial charge in [-0.3, -0.25) is 9.69 Å². The van der Waals surface area contributed by atoms with Gasteiger partial charge in [-0.15, -0.1) is 0 Å². The molecule has 1 saturated carbocycles. The molecule has 10 nitrogen and oxygen atoms in total. The zero-order valence-electron chi connectivity index (χ0n) is 23.5. The third-order valence-electron chi connectivity index (χ3n) is 6.35. The summed E-state index contributed by atoms with van der Waals surface area (Å²) in [6, 6.07) is 8.53. The number of hydrogen-bond acceptors (Lipinski definition) is 8. The van der Waals surface area contributed by atoms with Crippen LogP contribution in [-0.4, -0.2) is 58.6 Å². The first-order valence-corrected chi connectivity index (χ1v) is 13.1. The predicted molar refractivity (Wildman–Crippen MR) is 150 cm³/mol. The van der Waals surface area contributed by atoms with Crippen LogP contribution in [0.1, 0.15) is 64.5 Å². The molecule has 0 radical (unpaired) electrons. The Kier molecular flexibility index (Phi) is 9.73. The molecule has 0 spiro atoms. The normalized spacial score (nSPS) is 17.5. The van der Waals surface area contributed by atoms with E-state index in [2.05, 4.69) is 43.8 Å². The Morgan fingerprint density at radius 2 is 2.03 bits per heavy atom. The van der Waals surface area contributed by atoms with E-state index in [1.54, 1.807) is 66.2 Å². The lowest BCUT2D eigenvalue weighted by atomic mass is 9.86. The van der Waals surface area contributed by atoms with Crippen molar-refractivity contribution in [2.75, 3.05) is 24.7 Å². The number of carbonyl (C=O) groups excluding carboxylic acids is 2. The van der Waals surface area contributed by atoms with Crippen LogP contribution in [0.5, 0.6) is 0 Å². The summed E-state index contributed by atoms with van der Waals surface area (Å²) in [4.78, 5) is 35.4. The van der Waals surface area contributed by atoms with Gasteiger partial charge in [0.1, 0.15) is 17.5 Å². The Labute approximate surface area is 230 Å². The van der Waals surface area contributed by atoms with Gasteiger partial charge in [0, 0.05) is 31.7 Å². The molecule has 1 aliphatic rings. The molecular formula is C29H37N7O3. The molecule has 1 aliphatic carbocycles. The molecule has 2 aromatic rings. The number of hydrogen-bond donors (Lipinski definition) is 3. The van der Waals surface area contributed by atoms with E-state index in [9.17, 15) is 9.59 Å². The average Bonchev–Trinajstić information content (AvgIpc) is 2.90. The number of benzene rings is 1. The molecule has 1 fully saturated rings. The van der Waals surface area contributed by atoms with Gasteiger partial charge in [-0.1, -0.05) is 24.3 Å². The van der Waals surface area contributed by atoms with Gasteiger partial charge < -0.3 is 20.7 Å². The Balaban J connectivity index is 1.61. The molecule has 0 aliphatic heterocycles. The van der Waals surface area contributed by atoms with Gasteiger partial charge in [0.2, 0.25) is 11.9 Å². The van der Waals surface area contributed by atoms with Crippen LogP contribution in [0.25, 0.3) is 0 Å². The second-order valence-electron chi connectivity index (χ2n) is 10.6. The number of likely N-dealkylation sites (N-methyl/N-ethyl adjacent to an activating group) is 1. The van der Waals surface area contributed by atoms with Crippen LogP contribution in [0.15, 0.2) is 30.5 Å². The lowest BCUT2D eigenvalue weighted by Gasteiger charge is -2.31. The number of aromatic nitrogens is 2. The molecule has 206 valence electrons. The molecule has 3 atom stereocenters. The van der Waals surface area contributed by atoms with Crippen molar-refractivity contribution in [2.45, 2.75) is 71.1 Å². The number of nitrogens with zero attached hydrogens (tertiary/aromatic N) is 4. The number of amides is 2. The molecule has 1 aromatic carbocycles. The molecule has 0 bridgehead atoms. The highest BCUT2D eigenvalue weighted by molar-refractivity contribution is 5.85. The minimum atomic E-state index is -0.656. The predicted octanol–water partition coefficient (Wildman–Crippen LogP) is 4.42. The molecule has 10 heteroatoms. The van der Waals surface area contributed by atoms with E-state index in [1.165, 1.54) is 4.90 Å². The highest BCUT2D eigenvalue weighted by Crippen LogP contribution is 2.25. The van der Waals surface area contributed by atoms with Gasteiger partial charge in [-0.25, -0.2) is 9.78 Å². The molecule has 3 rings (SSSR count). The van der Waals surface area contributed by atoms with Crippen molar-refractivity contribution in [2.24, 2.45) is 5.92 Å². The van der Waals surface area contributed by atoms with Crippen molar-refractivity contribution in [3.8, 4) is 17.9 Å². The topological polar surface area (TPSA) is 132 Å². The van der Waals surface area contributed by atoms with Crippen LogP contribution in [-0.2, 0) is 9.53 Å². The number of nitriles is 1. The fourth-order valence-electron chi connectivity index (χ4n) is 4.14.